The van der Waals surface area contributed by atoms with E-state index in [9.17, 15) is 9.59 Å². The Balaban J connectivity index is 1.50. The van der Waals surface area contributed by atoms with Gasteiger partial charge in [-0.3, -0.25) is 14.5 Å². The second-order valence-corrected chi connectivity index (χ2v) is 7.95. The lowest BCUT2D eigenvalue weighted by Crippen LogP contribution is -2.52. The van der Waals surface area contributed by atoms with Crippen LogP contribution in [-0.2, 0) is 24.4 Å². The molecule has 0 N–H and O–H groups in total. The second-order valence-electron chi connectivity index (χ2n) is 7.95. The quantitative estimate of drug-likeness (QED) is 0.691. The summed E-state index contributed by atoms with van der Waals surface area (Å²) in [5.41, 5.74) is 2.32. The number of hydrogen-bond acceptors (Lipinski definition) is 4. The van der Waals surface area contributed by atoms with E-state index in [4.69, 9.17) is 0 Å². The summed E-state index contributed by atoms with van der Waals surface area (Å²) in [6.07, 6.45) is 4.54. The Bertz CT molecular complexity index is 1120. The van der Waals surface area contributed by atoms with Gasteiger partial charge in [0.2, 0.25) is 5.91 Å². The number of carbonyl (C=O) groups is 1. The van der Waals surface area contributed by atoms with E-state index >= 15 is 0 Å². The Morgan fingerprint density at radius 3 is 2.55 bits per heavy atom. The molecule has 1 fully saturated rings. The number of likely N-dealkylation sites (tertiary alicyclic amines) is 1. The van der Waals surface area contributed by atoms with Crippen molar-refractivity contribution in [3.63, 3.8) is 0 Å². The molecule has 2 aliphatic heterocycles. The first-order chi connectivity index (χ1) is 14.2. The molecule has 3 aromatic rings. The molecule has 6 nitrogen and oxygen atoms in total. The summed E-state index contributed by atoms with van der Waals surface area (Å²) in [5.74, 6) is 0.172. The molecule has 0 unspecified atom stereocenters. The van der Waals surface area contributed by atoms with E-state index in [0.717, 1.165) is 31.3 Å². The summed E-state index contributed by atoms with van der Waals surface area (Å²) in [7, 11) is 0. The van der Waals surface area contributed by atoms with Gasteiger partial charge in [-0.15, -0.1) is 0 Å². The summed E-state index contributed by atoms with van der Waals surface area (Å²) in [5, 5.41) is 5.88. The maximum Gasteiger partial charge on any atom is 0.275 e. The van der Waals surface area contributed by atoms with Gasteiger partial charge in [-0.1, -0.05) is 42.5 Å². The van der Waals surface area contributed by atoms with Gasteiger partial charge in [0.05, 0.1) is 24.3 Å². The van der Waals surface area contributed by atoms with Crippen molar-refractivity contribution in [2.45, 2.75) is 38.5 Å². The average Bonchev–Trinajstić information content (AvgIpc) is 3.30. The Morgan fingerprint density at radius 1 is 1.00 bits per heavy atom. The number of aromatic nitrogens is 2. The maximum atomic E-state index is 13.3. The number of fused-ring (bicyclic) bond motifs is 2. The molecular weight excluding hydrogens is 364 g/mol. The molecule has 3 heterocycles. The molecule has 0 radical (unpaired) electrons. The van der Waals surface area contributed by atoms with E-state index in [1.165, 1.54) is 15.8 Å². The SMILES string of the molecule is O=C([C@@H]1Cc2ccccc2CN1Cn1ncc2ccccc2c1=O)N1CCCC1. The molecule has 0 spiro atoms. The van der Waals surface area contributed by atoms with Crippen LogP contribution in [0.1, 0.15) is 24.0 Å². The van der Waals surface area contributed by atoms with E-state index in [0.29, 0.717) is 25.0 Å². The smallest absolute Gasteiger partial charge is 0.275 e. The lowest BCUT2D eigenvalue weighted by Gasteiger charge is -2.37. The van der Waals surface area contributed by atoms with E-state index in [1.807, 2.05) is 41.3 Å². The molecule has 1 saturated heterocycles. The Hall–Kier alpha value is -2.99. The van der Waals surface area contributed by atoms with Crippen LogP contribution in [-0.4, -0.2) is 44.6 Å². The van der Waals surface area contributed by atoms with Crippen molar-refractivity contribution in [2.24, 2.45) is 0 Å². The lowest BCUT2D eigenvalue weighted by atomic mass is 9.93. The minimum Gasteiger partial charge on any atom is -0.341 e. The van der Waals surface area contributed by atoms with Gasteiger partial charge in [-0.2, -0.15) is 5.10 Å². The lowest BCUT2D eigenvalue weighted by molar-refractivity contribution is -0.137. The van der Waals surface area contributed by atoms with Crippen LogP contribution >= 0.6 is 0 Å². The van der Waals surface area contributed by atoms with E-state index in [-0.39, 0.29) is 17.5 Å². The first-order valence-corrected chi connectivity index (χ1v) is 10.3. The highest BCUT2D eigenvalue weighted by molar-refractivity contribution is 5.83. The van der Waals surface area contributed by atoms with E-state index < -0.39 is 0 Å². The molecular formula is C23H24N4O2. The average molecular weight is 388 g/mol. The van der Waals surface area contributed by atoms with Crippen molar-refractivity contribution in [2.75, 3.05) is 13.1 Å². The first-order valence-electron chi connectivity index (χ1n) is 10.3. The Morgan fingerprint density at radius 2 is 1.72 bits per heavy atom. The van der Waals surface area contributed by atoms with Gasteiger partial charge >= 0.3 is 0 Å². The first kappa shape index (κ1) is 18.1. The number of rotatable bonds is 3. The summed E-state index contributed by atoms with van der Waals surface area (Å²) >= 11 is 0. The third-order valence-corrected chi connectivity index (χ3v) is 6.13. The molecule has 5 rings (SSSR count). The molecule has 0 bridgehead atoms. The summed E-state index contributed by atoms with van der Waals surface area (Å²) < 4.78 is 1.49. The highest BCUT2D eigenvalue weighted by Gasteiger charge is 2.35. The van der Waals surface area contributed by atoms with Crippen LogP contribution < -0.4 is 5.56 Å². The summed E-state index contributed by atoms with van der Waals surface area (Å²) in [6, 6.07) is 15.5. The largest absolute Gasteiger partial charge is 0.341 e. The molecule has 1 aromatic heterocycles. The van der Waals surface area contributed by atoms with Gasteiger partial charge in [0, 0.05) is 25.0 Å². The standard InChI is InChI=1S/C23H24N4O2/c28-22-20-10-4-3-8-18(20)14-24-27(22)16-26-15-19-9-2-1-7-17(19)13-21(26)23(29)25-11-5-6-12-25/h1-4,7-10,14,21H,5-6,11-13,15-16H2/t21-/m0/s1. The monoisotopic (exact) mass is 388 g/mol. The van der Waals surface area contributed by atoms with Crippen molar-refractivity contribution < 1.29 is 4.79 Å². The highest BCUT2D eigenvalue weighted by Crippen LogP contribution is 2.26. The van der Waals surface area contributed by atoms with Crippen LogP contribution in [0.3, 0.4) is 0 Å². The number of nitrogens with zero attached hydrogens (tertiary/aromatic N) is 4. The normalized spacial score (nSPS) is 19.4. The minimum atomic E-state index is -0.261. The predicted octanol–water partition coefficient (Wildman–Crippen LogP) is 2.40. The van der Waals surface area contributed by atoms with Crippen LogP contribution in [0.25, 0.3) is 10.8 Å². The zero-order chi connectivity index (χ0) is 19.8. The molecule has 148 valence electrons. The number of hydrogen-bond donors (Lipinski definition) is 0. The molecule has 2 aliphatic rings. The maximum absolute atomic E-state index is 13.3. The van der Waals surface area contributed by atoms with Gasteiger partial charge in [-0.05, 0) is 36.5 Å². The fraction of sp³-hybridized carbons (Fsp3) is 0.348. The highest BCUT2D eigenvalue weighted by atomic mass is 16.2. The van der Waals surface area contributed by atoms with Gasteiger partial charge in [-0.25, -0.2) is 4.68 Å². The molecule has 6 heteroatoms. The third kappa shape index (κ3) is 3.34. The number of amides is 1. The van der Waals surface area contributed by atoms with Gasteiger partial charge in [0.15, 0.2) is 0 Å². The topological polar surface area (TPSA) is 58.4 Å². The van der Waals surface area contributed by atoms with Gasteiger partial charge < -0.3 is 4.90 Å². The predicted molar refractivity (Wildman–Crippen MR) is 111 cm³/mol. The van der Waals surface area contributed by atoms with Crippen molar-refractivity contribution in [3.05, 3.63) is 76.2 Å². The molecule has 1 amide bonds. The third-order valence-electron chi connectivity index (χ3n) is 6.13. The van der Waals surface area contributed by atoms with Crippen molar-refractivity contribution >= 4 is 16.7 Å². The number of carbonyl (C=O) groups excluding carboxylic acids is 1. The van der Waals surface area contributed by atoms with Crippen molar-refractivity contribution in [1.82, 2.24) is 19.6 Å². The van der Waals surface area contributed by atoms with Gasteiger partial charge in [0.25, 0.3) is 5.56 Å². The van der Waals surface area contributed by atoms with Crippen LogP contribution in [0.2, 0.25) is 0 Å². The number of benzene rings is 2. The van der Waals surface area contributed by atoms with Gasteiger partial charge in [0.1, 0.15) is 0 Å². The summed E-state index contributed by atoms with van der Waals surface area (Å²) in [4.78, 5) is 30.3. The van der Waals surface area contributed by atoms with Crippen LogP contribution in [0.15, 0.2) is 59.5 Å². The van der Waals surface area contributed by atoms with Crippen LogP contribution in [0.4, 0.5) is 0 Å². The minimum absolute atomic E-state index is 0.116. The Labute approximate surface area is 169 Å². The molecule has 29 heavy (non-hydrogen) atoms. The molecule has 2 aromatic carbocycles. The zero-order valence-corrected chi connectivity index (χ0v) is 16.3. The van der Waals surface area contributed by atoms with Crippen molar-refractivity contribution in [3.8, 4) is 0 Å². The second kappa shape index (κ2) is 7.44. The van der Waals surface area contributed by atoms with Crippen LogP contribution in [0.5, 0.6) is 0 Å². The fourth-order valence-corrected chi connectivity index (χ4v) is 4.52. The molecule has 0 aliphatic carbocycles. The van der Waals surface area contributed by atoms with Crippen molar-refractivity contribution in [1.29, 1.82) is 0 Å². The zero-order valence-electron chi connectivity index (χ0n) is 16.3. The van der Waals surface area contributed by atoms with Crippen LogP contribution in [0, 0.1) is 0 Å². The van der Waals surface area contributed by atoms with E-state index in [1.54, 1.807) is 6.20 Å². The molecule has 1 atom stereocenters. The fourth-order valence-electron chi connectivity index (χ4n) is 4.52. The summed E-state index contributed by atoms with van der Waals surface area (Å²) in [6.45, 7) is 2.61. The van der Waals surface area contributed by atoms with E-state index in [2.05, 4.69) is 22.1 Å². The molecule has 0 saturated carbocycles. The Kier molecular flexibility index (Phi) is 4.64.